The average molecular weight is 2020 g/mol. The number of aryl methyl sites for hydroxylation is 2. The predicted molar refractivity (Wildman–Crippen MR) is 593 cm³/mol. The van der Waals surface area contributed by atoms with Crippen molar-refractivity contribution in [1.29, 1.82) is 0 Å². The van der Waals surface area contributed by atoms with Crippen molar-refractivity contribution in [3.05, 3.63) is 317 Å². The van der Waals surface area contributed by atoms with Gasteiger partial charge in [-0.2, -0.15) is 0 Å². The fourth-order valence-corrected chi connectivity index (χ4v) is 20.7. The van der Waals surface area contributed by atoms with Gasteiger partial charge in [-0.15, -0.1) is 6.58 Å². The number of nitrogens with one attached hydrogen (secondary N) is 6. The molecule has 17 nitrogen and oxygen atoms in total. The van der Waals surface area contributed by atoms with Crippen molar-refractivity contribution in [3.8, 4) is 0 Å². The fourth-order valence-electron chi connectivity index (χ4n) is 20.7. The Morgan fingerprint density at radius 1 is 0.419 bits per heavy atom. The van der Waals surface area contributed by atoms with Crippen LogP contribution in [0.15, 0.2) is 249 Å². The highest BCUT2D eigenvalue weighted by atomic mass is 19.3. The maximum atomic E-state index is 13.8. The van der Waals surface area contributed by atoms with E-state index in [0.29, 0.717) is 108 Å². The van der Waals surface area contributed by atoms with Crippen LogP contribution in [-0.4, -0.2) is 100 Å². The van der Waals surface area contributed by atoms with Crippen molar-refractivity contribution >= 4 is 101 Å². The normalized spacial score (nSPS) is 14.6. The third kappa shape index (κ3) is 35.9. The standard InChI is InChI=1S/C24H27FN2O.C21H24F3NO.C21H27FN2O.2C20H26N2O.C19H25FN2O/c1-17(2)15-24(3,13-12-18-8-5-4-6-9-18)27-23(28)20-14-19-10-7-11-21(25)22(19)26-16-20;1-19(9-10-19)12-20(2,13-21(3,23)24)25-18(26)15-7-8-16-14(11-15)5-4-6-17(16)22;1-14(2)9-10-21(5,12-15(3)4)24-20(25)17-11-16-7-6-8-18(22)19(16)23-13-17;1-14-8-7-9-15-12-16(13-21-18(14)15)19(23)22-20(2,3)17-10-5-4-6-11-17;1-14(2)11-20(5,12-15(3)4)22-19(23)17-10-16-8-6-7-9-18(16)21-13-17;1-12(2)8-16(9-13(3)4)22-19(23)15-10-14-6-5-7-17(20)18(14)21-11-15/h4-11,14,16-17H,12-13,15H2,1-3H3,(H,27,28);4-8,11H,9-10,12-13H2,1-3H3,(H,25,26);6-9,11,13,15H,10,12H2,1-5H3,(H,24,25);7-9,12-13,17H,4-6,10-11H2,1-3H3,(H,22,23);6-10,13,15H,1,11-12H2,2-5H3,(H,22,23);5-7,10-13,16H,8-9H2,1-4H3,(H,22,23). The van der Waals surface area contributed by atoms with E-state index >= 15 is 0 Å². The van der Waals surface area contributed by atoms with Crippen LogP contribution in [0.5, 0.6) is 0 Å². The Kier molecular flexibility index (Phi) is 41.2. The molecule has 2 aliphatic rings. The third-order valence-corrected chi connectivity index (χ3v) is 27.1. The zero-order valence-corrected chi connectivity index (χ0v) is 90.9. The summed E-state index contributed by atoms with van der Waals surface area (Å²) in [6.45, 7) is 48.9. The number of halogens is 6. The first-order valence-corrected chi connectivity index (χ1v) is 52.3. The van der Waals surface area contributed by atoms with Crippen LogP contribution in [-0.2, 0) is 6.42 Å². The maximum Gasteiger partial charge on any atom is 0.253 e. The minimum absolute atomic E-state index is 0.0137. The number of amides is 6. The second-order valence-corrected chi connectivity index (χ2v) is 45.7. The first-order valence-electron chi connectivity index (χ1n) is 52.3. The van der Waals surface area contributed by atoms with Crippen molar-refractivity contribution in [2.75, 3.05) is 0 Å². The van der Waals surface area contributed by atoms with Gasteiger partial charge in [-0.3, -0.25) is 53.7 Å². The van der Waals surface area contributed by atoms with Crippen molar-refractivity contribution in [3.63, 3.8) is 0 Å². The SMILES string of the molecule is C=C(C)CC(C)(CC(C)C)NC(=O)c1cnc2ccccc2c1.CC(C)=CCC(C)(CC(C)C)NC(=O)c1cnc2c(F)cccc2c1.CC(C)CC(C)(CCc1ccccc1)NC(=O)c1cnc2c(F)cccc2c1.CC(C)CC(CC(C)C)NC(=O)c1cnc2c(F)cccc2c1.CC(F)(F)CC(C)(CC1(C)CC1)NC(=O)c1ccc2c(F)cccc2c1.Cc1cccc2cc(C(=O)NC(C)(C)C3CCCCC3)cnc12. The highest BCUT2D eigenvalue weighted by Crippen LogP contribution is 2.52. The first kappa shape index (κ1) is 117. The minimum atomic E-state index is -2.88. The van der Waals surface area contributed by atoms with Gasteiger partial charge in [-0.05, 0) is 296 Å². The molecular formula is C125H155F6N11O6. The van der Waals surface area contributed by atoms with E-state index in [1.54, 1.807) is 98.2 Å². The Balaban J connectivity index is 0.000000182. The van der Waals surface area contributed by atoms with Crippen LogP contribution >= 0.6 is 0 Å². The number of aromatic nitrogens is 5. The second-order valence-electron chi connectivity index (χ2n) is 45.7. The topological polar surface area (TPSA) is 239 Å². The molecule has 148 heavy (non-hydrogen) atoms. The molecule has 2 fully saturated rings. The highest BCUT2D eigenvalue weighted by Gasteiger charge is 2.47. The van der Waals surface area contributed by atoms with Gasteiger partial charge in [0, 0.05) is 109 Å². The zero-order valence-electron chi connectivity index (χ0n) is 90.9. The number of alkyl halides is 2. The Bertz CT molecular complexity index is 6770. The summed E-state index contributed by atoms with van der Waals surface area (Å²) in [5.74, 6) is -2.35. The quantitative estimate of drug-likeness (QED) is 0.0164. The van der Waals surface area contributed by atoms with Gasteiger partial charge in [-0.1, -0.05) is 234 Å². The molecule has 0 radical (unpaired) electrons. The number of rotatable bonds is 34. The number of fused-ring (bicyclic) bond motifs is 6. The molecule has 15 rings (SSSR count). The molecule has 5 aromatic heterocycles. The number of nitrogens with zero attached hydrogens (tertiary/aromatic N) is 5. The van der Waals surface area contributed by atoms with Crippen LogP contribution < -0.4 is 31.9 Å². The summed E-state index contributed by atoms with van der Waals surface area (Å²) in [6.07, 6.45) is 26.0. The molecule has 6 amide bonds. The summed E-state index contributed by atoms with van der Waals surface area (Å²) in [4.78, 5) is 97.5. The van der Waals surface area contributed by atoms with Gasteiger partial charge in [0.15, 0.2) is 0 Å². The van der Waals surface area contributed by atoms with E-state index in [1.165, 1.54) is 92.2 Å². The number of carbonyl (C=O) groups is 6. The van der Waals surface area contributed by atoms with Crippen molar-refractivity contribution in [2.24, 2.45) is 40.9 Å². The van der Waals surface area contributed by atoms with Crippen LogP contribution in [0.1, 0.15) is 328 Å². The van der Waals surface area contributed by atoms with Crippen LogP contribution in [0.4, 0.5) is 26.3 Å². The van der Waals surface area contributed by atoms with E-state index in [2.05, 4.69) is 206 Å². The number of carbonyl (C=O) groups excluding carboxylic acids is 6. The van der Waals surface area contributed by atoms with Crippen molar-refractivity contribution in [2.45, 2.75) is 308 Å². The molecule has 5 heterocycles. The molecule has 4 atom stereocenters. The van der Waals surface area contributed by atoms with Gasteiger partial charge in [-0.25, -0.2) is 26.3 Å². The third-order valence-electron chi connectivity index (χ3n) is 27.1. The summed E-state index contributed by atoms with van der Waals surface area (Å²) in [5.41, 5.74) is 8.28. The molecule has 0 aliphatic heterocycles. The molecule has 13 aromatic rings. The van der Waals surface area contributed by atoms with Gasteiger partial charge in [0.1, 0.15) is 39.8 Å². The summed E-state index contributed by atoms with van der Waals surface area (Å²) in [6, 6.07) is 56.9. The van der Waals surface area contributed by atoms with E-state index in [9.17, 15) is 55.1 Å². The van der Waals surface area contributed by atoms with E-state index in [0.717, 1.165) is 110 Å². The maximum absolute atomic E-state index is 13.8. The van der Waals surface area contributed by atoms with E-state index in [4.69, 9.17) is 0 Å². The van der Waals surface area contributed by atoms with Crippen LogP contribution in [0.25, 0.3) is 65.3 Å². The number of para-hydroxylation sites is 5. The highest BCUT2D eigenvalue weighted by molar-refractivity contribution is 6.02. The summed E-state index contributed by atoms with van der Waals surface area (Å²) in [5, 5.41) is 23.7. The van der Waals surface area contributed by atoms with E-state index in [-0.39, 0.29) is 97.5 Å². The zero-order chi connectivity index (χ0) is 108. The van der Waals surface area contributed by atoms with Gasteiger partial charge >= 0.3 is 0 Å². The lowest BCUT2D eigenvalue weighted by atomic mass is 9.76. The lowest BCUT2D eigenvalue weighted by Crippen LogP contribution is -2.50. The summed E-state index contributed by atoms with van der Waals surface area (Å²) < 4.78 is 82.5. The Morgan fingerprint density at radius 2 is 0.811 bits per heavy atom. The number of hydrogen-bond donors (Lipinski definition) is 6. The minimum Gasteiger partial charge on any atom is -0.349 e. The molecule has 788 valence electrons. The average Bonchev–Trinajstić information content (AvgIpc) is 1.65. The van der Waals surface area contributed by atoms with Crippen LogP contribution in [0, 0.1) is 71.1 Å². The van der Waals surface area contributed by atoms with E-state index in [1.807, 2.05) is 86.6 Å². The van der Waals surface area contributed by atoms with Crippen molar-refractivity contribution in [1.82, 2.24) is 56.8 Å². The van der Waals surface area contributed by atoms with Gasteiger partial charge in [0.25, 0.3) is 35.4 Å². The largest absolute Gasteiger partial charge is 0.349 e. The van der Waals surface area contributed by atoms with E-state index < -0.39 is 23.8 Å². The molecule has 0 bridgehead atoms. The summed E-state index contributed by atoms with van der Waals surface area (Å²) in [7, 11) is 0. The number of benzene rings is 8. The lowest BCUT2D eigenvalue weighted by Gasteiger charge is -2.37. The molecule has 0 spiro atoms. The van der Waals surface area contributed by atoms with Gasteiger partial charge in [0.2, 0.25) is 5.92 Å². The summed E-state index contributed by atoms with van der Waals surface area (Å²) >= 11 is 0. The molecule has 23 heteroatoms. The Morgan fingerprint density at radius 3 is 1.29 bits per heavy atom. The molecule has 4 unspecified atom stereocenters. The molecule has 2 saturated carbocycles. The van der Waals surface area contributed by atoms with Crippen molar-refractivity contribution < 1.29 is 55.1 Å². The molecule has 6 N–H and O–H groups in total. The number of allylic oxidation sites excluding steroid dienone is 1. The van der Waals surface area contributed by atoms with Gasteiger partial charge < -0.3 is 31.9 Å². The smallest absolute Gasteiger partial charge is 0.253 e. The molecular weight excluding hydrogens is 1870 g/mol. The first-order chi connectivity index (χ1) is 69.7. The molecule has 2 aliphatic carbocycles. The monoisotopic (exact) mass is 2020 g/mol. The fraction of sp³-hybridized carbons (Fsp3) is 0.432. The Labute approximate surface area is 872 Å². The van der Waals surface area contributed by atoms with Crippen LogP contribution in [0.3, 0.4) is 0 Å². The predicted octanol–water partition coefficient (Wildman–Crippen LogP) is 30.4. The number of pyridine rings is 5. The molecule has 0 saturated heterocycles. The number of hydrogen-bond acceptors (Lipinski definition) is 11. The van der Waals surface area contributed by atoms with Gasteiger partial charge in [0.05, 0.1) is 38.9 Å². The second kappa shape index (κ2) is 52.2. The van der Waals surface area contributed by atoms with Crippen LogP contribution in [0.2, 0.25) is 0 Å². The lowest BCUT2D eigenvalue weighted by molar-refractivity contribution is -0.0167. The molecule has 8 aromatic carbocycles. The Hall–Kier alpha value is -13.1.